The van der Waals surface area contributed by atoms with Gasteiger partial charge in [0, 0.05) is 25.3 Å². The first-order valence-corrected chi connectivity index (χ1v) is 6.09. The van der Waals surface area contributed by atoms with E-state index in [1.807, 2.05) is 4.90 Å². The highest BCUT2D eigenvalue weighted by Crippen LogP contribution is 2.31. The molecule has 1 aromatic rings. The summed E-state index contributed by atoms with van der Waals surface area (Å²) in [4.78, 5) is 1.86. The first-order valence-electron chi connectivity index (χ1n) is 6.09. The fourth-order valence-electron chi connectivity index (χ4n) is 2.32. The van der Waals surface area contributed by atoms with Gasteiger partial charge in [-0.2, -0.15) is 13.2 Å². The molecule has 1 aliphatic heterocycles. The maximum absolute atomic E-state index is 13.5. The lowest BCUT2D eigenvalue weighted by atomic mass is 10.1. The van der Waals surface area contributed by atoms with Crippen LogP contribution in [-0.2, 0) is 12.7 Å². The van der Waals surface area contributed by atoms with Crippen LogP contribution in [0.1, 0.15) is 17.5 Å². The van der Waals surface area contributed by atoms with E-state index in [1.165, 1.54) is 0 Å². The van der Waals surface area contributed by atoms with Crippen molar-refractivity contribution < 1.29 is 22.7 Å². The lowest BCUT2D eigenvalue weighted by molar-refractivity contribution is -0.137. The maximum atomic E-state index is 13.5. The Hall–Kier alpha value is -1.14. The van der Waals surface area contributed by atoms with E-state index >= 15 is 0 Å². The molecular formula is C13H15F4NO. The zero-order valence-corrected chi connectivity index (χ0v) is 10.3. The van der Waals surface area contributed by atoms with Crippen molar-refractivity contribution in [3.05, 3.63) is 35.1 Å². The third-order valence-electron chi connectivity index (χ3n) is 3.40. The van der Waals surface area contributed by atoms with Crippen molar-refractivity contribution in [3.8, 4) is 0 Å². The van der Waals surface area contributed by atoms with Gasteiger partial charge < -0.3 is 5.11 Å². The maximum Gasteiger partial charge on any atom is 0.416 e. The summed E-state index contributed by atoms with van der Waals surface area (Å²) in [5.74, 6) is -0.491. The van der Waals surface area contributed by atoms with Gasteiger partial charge in [0.2, 0.25) is 0 Å². The third-order valence-corrected chi connectivity index (χ3v) is 3.40. The van der Waals surface area contributed by atoms with E-state index in [1.54, 1.807) is 0 Å². The smallest absolute Gasteiger partial charge is 0.396 e. The van der Waals surface area contributed by atoms with Crippen LogP contribution in [0.2, 0.25) is 0 Å². The van der Waals surface area contributed by atoms with Crippen molar-refractivity contribution in [3.63, 3.8) is 0 Å². The predicted octanol–water partition coefficient (Wildman–Crippen LogP) is 2.66. The molecule has 0 spiro atoms. The van der Waals surface area contributed by atoms with Gasteiger partial charge in [0.25, 0.3) is 0 Å². The highest BCUT2D eigenvalue weighted by molar-refractivity contribution is 5.27. The van der Waals surface area contributed by atoms with Crippen LogP contribution in [-0.4, -0.2) is 29.7 Å². The first kappa shape index (κ1) is 14.3. The van der Waals surface area contributed by atoms with Gasteiger partial charge in [-0.3, -0.25) is 4.90 Å². The number of hydrogen-bond acceptors (Lipinski definition) is 2. The SMILES string of the molecule is OCC1CCN(Cc2cc(C(F)(F)F)ccc2F)C1. The van der Waals surface area contributed by atoms with Crippen LogP contribution in [0.5, 0.6) is 0 Å². The minimum atomic E-state index is -4.46. The van der Waals surface area contributed by atoms with E-state index in [4.69, 9.17) is 5.11 Å². The molecule has 1 saturated heterocycles. The fraction of sp³-hybridized carbons (Fsp3) is 0.538. The van der Waals surface area contributed by atoms with Crippen LogP contribution in [0, 0.1) is 11.7 Å². The first-order chi connectivity index (χ1) is 8.90. The van der Waals surface area contributed by atoms with Crippen molar-refractivity contribution in [2.45, 2.75) is 19.1 Å². The molecule has 1 unspecified atom stereocenters. The van der Waals surface area contributed by atoms with Gasteiger partial charge in [-0.1, -0.05) is 0 Å². The predicted molar refractivity (Wildman–Crippen MR) is 61.9 cm³/mol. The zero-order chi connectivity index (χ0) is 14.0. The normalized spacial score (nSPS) is 21.0. The summed E-state index contributed by atoms with van der Waals surface area (Å²) in [6.07, 6.45) is -3.67. The minimum Gasteiger partial charge on any atom is -0.396 e. The van der Waals surface area contributed by atoms with Crippen molar-refractivity contribution in [1.82, 2.24) is 4.90 Å². The topological polar surface area (TPSA) is 23.5 Å². The van der Waals surface area contributed by atoms with Gasteiger partial charge in [-0.05, 0) is 37.1 Å². The summed E-state index contributed by atoms with van der Waals surface area (Å²) in [7, 11) is 0. The Morgan fingerprint density at radius 1 is 1.32 bits per heavy atom. The van der Waals surface area contributed by atoms with Crippen molar-refractivity contribution in [2.75, 3.05) is 19.7 Å². The number of aliphatic hydroxyl groups is 1. The molecular weight excluding hydrogens is 262 g/mol. The Bertz CT molecular complexity index is 447. The zero-order valence-electron chi connectivity index (χ0n) is 10.3. The van der Waals surface area contributed by atoms with E-state index in [9.17, 15) is 17.6 Å². The Morgan fingerprint density at radius 3 is 2.63 bits per heavy atom. The Morgan fingerprint density at radius 2 is 2.05 bits per heavy atom. The van der Waals surface area contributed by atoms with E-state index in [0.29, 0.717) is 13.1 Å². The molecule has 2 rings (SSSR count). The van der Waals surface area contributed by atoms with Crippen molar-refractivity contribution >= 4 is 0 Å². The number of likely N-dealkylation sites (tertiary alicyclic amines) is 1. The van der Waals surface area contributed by atoms with Crippen LogP contribution >= 0.6 is 0 Å². The molecule has 19 heavy (non-hydrogen) atoms. The standard InChI is InChI=1S/C13H15F4NO/c14-12-2-1-11(13(15,16)17)5-10(12)7-18-4-3-9(6-18)8-19/h1-2,5,9,19H,3-4,6-8H2. The second-order valence-electron chi connectivity index (χ2n) is 4.88. The number of aliphatic hydroxyl groups excluding tert-OH is 1. The fourth-order valence-corrected chi connectivity index (χ4v) is 2.32. The summed E-state index contributed by atoms with van der Waals surface area (Å²) in [6.45, 7) is 1.46. The van der Waals surface area contributed by atoms with Crippen molar-refractivity contribution in [2.24, 2.45) is 5.92 Å². The lowest BCUT2D eigenvalue weighted by Gasteiger charge is -2.17. The summed E-state index contributed by atoms with van der Waals surface area (Å²) in [6, 6.07) is 2.47. The summed E-state index contributed by atoms with van der Waals surface area (Å²) in [5.41, 5.74) is -0.782. The molecule has 0 aromatic heterocycles. The average molecular weight is 277 g/mol. The number of nitrogens with zero attached hydrogens (tertiary/aromatic N) is 1. The quantitative estimate of drug-likeness (QED) is 0.859. The number of halogens is 4. The van der Waals surface area contributed by atoms with Gasteiger partial charge in [0.05, 0.1) is 5.56 Å². The molecule has 2 nitrogen and oxygen atoms in total. The molecule has 0 bridgehead atoms. The van der Waals surface area contributed by atoms with Gasteiger partial charge in [0.15, 0.2) is 0 Å². The highest BCUT2D eigenvalue weighted by Gasteiger charge is 2.31. The van der Waals surface area contributed by atoms with E-state index < -0.39 is 17.6 Å². The molecule has 1 atom stereocenters. The molecule has 0 amide bonds. The molecule has 0 saturated carbocycles. The summed E-state index contributed by atoms with van der Waals surface area (Å²) >= 11 is 0. The van der Waals surface area contributed by atoms with Gasteiger partial charge in [-0.25, -0.2) is 4.39 Å². The lowest BCUT2D eigenvalue weighted by Crippen LogP contribution is -2.22. The van der Waals surface area contributed by atoms with Gasteiger partial charge in [-0.15, -0.1) is 0 Å². The highest BCUT2D eigenvalue weighted by atomic mass is 19.4. The molecule has 6 heteroatoms. The summed E-state index contributed by atoms with van der Waals surface area (Å²) in [5, 5.41) is 9.01. The minimum absolute atomic E-state index is 0.0495. The summed E-state index contributed by atoms with van der Waals surface area (Å²) < 4.78 is 51.2. The molecule has 1 N–H and O–H groups in total. The van der Waals surface area contributed by atoms with Crippen LogP contribution in [0.3, 0.4) is 0 Å². The monoisotopic (exact) mass is 277 g/mol. The van der Waals surface area contributed by atoms with Crippen LogP contribution in [0.25, 0.3) is 0 Å². The second-order valence-corrected chi connectivity index (χ2v) is 4.88. The number of benzene rings is 1. The molecule has 1 aliphatic rings. The number of hydrogen-bond donors (Lipinski definition) is 1. The van der Waals surface area contributed by atoms with E-state index in [-0.39, 0.29) is 24.6 Å². The molecule has 0 radical (unpaired) electrons. The third kappa shape index (κ3) is 3.45. The van der Waals surface area contributed by atoms with Crippen LogP contribution in [0.4, 0.5) is 17.6 Å². The Labute approximate surface area is 108 Å². The Balaban J connectivity index is 2.12. The molecule has 0 aliphatic carbocycles. The molecule has 1 fully saturated rings. The average Bonchev–Trinajstić information content (AvgIpc) is 2.78. The van der Waals surface area contributed by atoms with Gasteiger partial charge >= 0.3 is 6.18 Å². The Kier molecular flexibility index (Phi) is 4.10. The van der Waals surface area contributed by atoms with E-state index in [2.05, 4.69) is 0 Å². The van der Waals surface area contributed by atoms with E-state index in [0.717, 1.165) is 24.6 Å². The van der Waals surface area contributed by atoms with Gasteiger partial charge in [0.1, 0.15) is 5.82 Å². The largest absolute Gasteiger partial charge is 0.416 e. The molecule has 1 heterocycles. The second kappa shape index (κ2) is 5.46. The van der Waals surface area contributed by atoms with Crippen LogP contribution in [0.15, 0.2) is 18.2 Å². The molecule has 1 aromatic carbocycles. The number of rotatable bonds is 3. The van der Waals surface area contributed by atoms with Crippen LogP contribution < -0.4 is 0 Å². The van der Waals surface area contributed by atoms with Crippen molar-refractivity contribution in [1.29, 1.82) is 0 Å². The molecule has 106 valence electrons. The number of alkyl halides is 3.